The fraction of sp³-hybridized carbons (Fsp3) is 0.333. The zero-order valence-electron chi connectivity index (χ0n) is 19.5. The molecule has 196 valence electrons. The van der Waals surface area contributed by atoms with Gasteiger partial charge < -0.3 is 28.7 Å². The average molecular weight is 517 g/mol. The van der Waals surface area contributed by atoms with Crippen LogP contribution in [0.15, 0.2) is 68.9 Å². The number of aromatic amines is 1. The van der Waals surface area contributed by atoms with E-state index in [0.717, 1.165) is 16.3 Å². The number of benzene rings is 1. The predicted octanol–water partition coefficient (Wildman–Crippen LogP) is 1.61. The number of rotatable bonds is 10. The van der Waals surface area contributed by atoms with Gasteiger partial charge in [-0.05, 0) is 17.7 Å². The van der Waals surface area contributed by atoms with Crippen molar-refractivity contribution in [2.24, 2.45) is 0 Å². The highest BCUT2D eigenvalue weighted by Crippen LogP contribution is 2.30. The number of alkyl carbamates (subject to hydrolysis) is 1. The lowest BCUT2D eigenvalue weighted by Gasteiger charge is -2.18. The second kappa shape index (κ2) is 12.1. The zero-order valence-corrected chi connectivity index (χ0v) is 19.5. The summed E-state index contributed by atoms with van der Waals surface area (Å²) in [4.78, 5) is 49.4. The van der Waals surface area contributed by atoms with Crippen LogP contribution in [0.5, 0.6) is 0 Å². The molecule has 1 amide bonds. The van der Waals surface area contributed by atoms with Gasteiger partial charge >= 0.3 is 17.8 Å². The van der Waals surface area contributed by atoms with Crippen LogP contribution in [0, 0.1) is 5.82 Å². The normalized spacial score (nSPS) is 18.9. The van der Waals surface area contributed by atoms with Crippen molar-refractivity contribution in [2.75, 3.05) is 13.2 Å². The van der Waals surface area contributed by atoms with E-state index < -0.39 is 54.1 Å². The van der Waals surface area contributed by atoms with E-state index in [0.29, 0.717) is 5.76 Å². The molecule has 0 bridgehead atoms. The minimum atomic E-state index is -1.16. The molecule has 0 saturated carbocycles. The van der Waals surface area contributed by atoms with Crippen molar-refractivity contribution in [3.8, 4) is 0 Å². The highest BCUT2D eigenvalue weighted by Gasteiger charge is 2.38. The quantitative estimate of drug-likeness (QED) is 0.382. The second-order valence-electron chi connectivity index (χ2n) is 8.04. The SMILES string of the molecule is O=C(CNC(=O)OCc1ccccc1)OC[C@H]1O[C@@H](n2cc(F)c(=O)[nH]c2=O)C[C@@H]1OCc1ccco1. The molecule has 13 heteroatoms. The molecule has 0 unspecified atom stereocenters. The minimum absolute atomic E-state index is 0.0401. The summed E-state index contributed by atoms with van der Waals surface area (Å²) in [6.45, 7) is -0.619. The van der Waals surface area contributed by atoms with Crippen LogP contribution >= 0.6 is 0 Å². The van der Waals surface area contributed by atoms with Crippen molar-refractivity contribution in [2.45, 2.75) is 38.1 Å². The molecule has 1 aliphatic rings. The predicted molar refractivity (Wildman–Crippen MR) is 123 cm³/mol. The molecule has 2 aromatic heterocycles. The molecule has 0 aliphatic carbocycles. The monoisotopic (exact) mass is 517 g/mol. The van der Waals surface area contributed by atoms with Crippen LogP contribution in [0.25, 0.3) is 0 Å². The molecule has 0 spiro atoms. The summed E-state index contributed by atoms with van der Waals surface area (Å²) >= 11 is 0. The first-order chi connectivity index (χ1) is 17.9. The first-order valence-corrected chi connectivity index (χ1v) is 11.3. The van der Waals surface area contributed by atoms with E-state index in [9.17, 15) is 23.6 Å². The summed E-state index contributed by atoms with van der Waals surface area (Å²) in [6, 6.07) is 12.4. The maximum Gasteiger partial charge on any atom is 0.407 e. The molecule has 0 radical (unpaired) electrons. The molecule has 1 aromatic carbocycles. The fourth-order valence-corrected chi connectivity index (χ4v) is 3.60. The van der Waals surface area contributed by atoms with Crippen LogP contribution in [-0.4, -0.2) is 47.0 Å². The number of nitrogens with zero attached hydrogens (tertiary/aromatic N) is 1. The number of carbonyl (C=O) groups excluding carboxylic acids is 2. The lowest BCUT2D eigenvalue weighted by molar-refractivity contribution is -0.150. The molecule has 37 heavy (non-hydrogen) atoms. The van der Waals surface area contributed by atoms with Gasteiger partial charge in [-0.15, -0.1) is 0 Å². The van der Waals surface area contributed by atoms with Crippen LogP contribution < -0.4 is 16.6 Å². The summed E-state index contributed by atoms with van der Waals surface area (Å²) < 4.78 is 41.8. The highest BCUT2D eigenvalue weighted by molar-refractivity contribution is 5.77. The van der Waals surface area contributed by atoms with Gasteiger partial charge in [0, 0.05) is 6.42 Å². The van der Waals surface area contributed by atoms with E-state index in [1.165, 1.54) is 6.26 Å². The standard InChI is InChI=1S/C24H24FN3O9/c25-17-11-28(23(31)27-22(17)30)20-9-18(34-13-16-7-4-8-33-16)19(37-20)14-35-21(29)10-26-24(32)36-12-15-5-2-1-3-6-15/h1-8,11,18-20H,9-10,12-14H2,(H,26,32)(H,27,30,31)/t18-,19+,20+/m0/s1. The third-order valence-electron chi connectivity index (χ3n) is 5.43. The van der Waals surface area contributed by atoms with Gasteiger partial charge in [0.2, 0.25) is 5.82 Å². The number of H-pyrrole nitrogens is 1. The van der Waals surface area contributed by atoms with Crippen molar-refractivity contribution in [3.05, 3.63) is 92.9 Å². The Morgan fingerprint density at radius 1 is 1.11 bits per heavy atom. The number of furan rings is 1. The number of halogens is 1. The van der Waals surface area contributed by atoms with Gasteiger partial charge in [0.15, 0.2) is 0 Å². The highest BCUT2D eigenvalue weighted by atomic mass is 19.1. The molecule has 1 aliphatic heterocycles. The molecule has 3 atom stereocenters. The number of hydrogen-bond donors (Lipinski definition) is 2. The summed E-state index contributed by atoms with van der Waals surface area (Å²) in [7, 11) is 0. The minimum Gasteiger partial charge on any atom is -0.467 e. The lowest BCUT2D eigenvalue weighted by atomic mass is 10.2. The van der Waals surface area contributed by atoms with Gasteiger partial charge in [-0.2, -0.15) is 4.39 Å². The first kappa shape index (κ1) is 25.9. The Morgan fingerprint density at radius 3 is 2.68 bits per heavy atom. The summed E-state index contributed by atoms with van der Waals surface area (Å²) in [5, 5.41) is 2.30. The van der Waals surface area contributed by atoms with E-state index in [1.54, 1.807) is 36.4 Å². The van der Waals surface area contributed by atoms with Crippen molar-refractivity contribution in [3.63, 3.8) is 0 Å². The Bertz CT molecular complexity index is 1310. The van der Waals surface area contributed by atoms with Gasteiger partial charge in [0.05, 0.1) is 18.6 Å². The van der Waals surface area contributed by atoms with Crippen LogP contribution in [0.4, 0.5) is 9.18 Å². The Kier molecular flexibility index (Phi) is 8.48. The van der Waals surface area contributed by atoms with Gasteiger partial charge in [-0.25, -0.2) is 9.59 Å². The van der Waals surface area contributed by atoms with E-state index in [4.69, 9.17) is 23.4 Å². The number of esters is 1. The van der Waals surface area contributed by atoms with Crippen molar-refractivity contribution >= 4 is 12.1 Å². The summed E-state index contributed by atoms with van der Waals surface area (Å²) in [6.07, 6.45) is -0.976. The Labute approximate surface area is 208 Å². The zero-order chi connectivity index (χ0) is 26.2. The third kappa shape index (κ3) is 7.15. The molecule has 12 nitrogen and oxygen atoms in total. The lowest BCUT2D eigenvalue weighted by Crippen LogP contribution is -2.35. The molecule has 1 fully saturated rings. The van der Waals surface area contributed by atoms with Crippen molar-refractivity contribution in [1.29, 1.82) is 0 Å². The first-order valence-electron chi connectivity index (χ1n) is 11.3. The summed E-state index contributed by atoms with van der Waals surface area (Å²) in [5.41, 5.74) is -1.22. The van der Waals surface area contributed by atoms with E-state index in [1.807, 2.05) is 11.1 Å². The fourth-order valence-electron chi connectivity index (χ4n) is 3.60. The van der Waals surface area contributed by atoms with Gasteiger partial charge in [-0.1, -0.05) is 30.3 Å². The Morgan fingerprint density at radius 2 is 1.92 bits per heavy atom. The maximum absolute atomic E-state index is 13.8. The molecule has 3 aromatic rings. The number of aromatic nitrogens is 2. The molecular weight excluding hydrogens is 493 g/mol. The average Bonchev–Trinajstić information content (AvgIpc) is 3.56. The second-order valence-corrected chi connectivity index (χ2v) is 8.04. The maximum atomic E-state index is 13.8. The van der Waals surface area contributed by atoms with Crippen molar-refractivity contribution in [1.82, 2.24) is 14.9 Å². The van der Waals surface area contributed by atoms with Crippen LogP contribution in [0.2, 0.25) is 0 Å². The van der Waals surface area contributed by atoms with Crippen molar-refractivity contribution < 1.29 is 37.3 Å². The molecule has 3 heterocycles. The number of ether oxygens (including phenoxy) is 4. The summed E-state index contributed by atoms with van der Waals surface area (Å²) in [5.74, 6) is -1.39. The molecule has 2 N–H and O–H groups in total. The smallest absolute Gasteiger partial charge is 0.407 e. The number of nitrogens with one attached hydrogen (secondary N) is 2. The topological polar surface area (TPSA) is 151 Å². The van der Waals surface area contributed by atoms with E-state index >= 15 is 0 Å². The Balaban J connectivity index is 1.31. The Hall–Kier alpha value is -4.23. The van der Waals surface area contributed by atoms with E-state index in [2.05, 4.69) is 5.32 Å². The van der Waals surface area contributed by atoms with Gasteiger partial charge in [-0.3, -0.25) is 19.1 Å². The van der Waals surface area contributed by atoms with E-state index in [-0.39, 0.29) is 26.2 Å². The molecule has 4 rings (SSSR count). The van der Waals surface area contributed by atoms with Gasteiger partial charge in [0.1, 0.15) is 44.5 Å². The van der Waals surface area contributed by atoms with Crippen LogP contribution in [0.1, 0.15) is 24.0 Å². The third-order valence-corrected chi connectivity index (χ3v) is 5.43. The van der Waals surface area contributed by atoms with Crippen LogP contribution in [-0.2, 0) is 37.0 Å². The number of hydrogen-bond acceptors (Lipinski definition) is 9. The molecule has 1 saturated heterocycles. The number of carbonyl (C=O) groups is 2. The van der Waals surface area contributed by atoms with Crippen LogP contribution in [0.3, 0.4) is 0 Å². The number of amides is 1. The largest absolute Gasteiger partial charge is 0.467 e. The molecular formula is C24H24FN3O9. The van der Waals surface area contributed by atoms with Gasteiger partial charge in [0.25, 0.3) is 5.56 Å².